The molecule has 3 nitrogen and oxygen atoms in total. The van der Waals surface area contributed by atoms with E-state index in [4.69, 9.17) is 0 Å². The number of nitrogens with zero attached hydrogens (tertiary/aromatic N) is 2. The highest BCUT2D eigenvalue weighted by molar-refractivity contribution is 5.95. The minimum atomic E-state index is 0.971. The van der Waals surface area contributed by atoms with Crippen LogP contribution in [0.2, 0.25) is 0 Å². The van der Waals surface area contributed by atoms with Crippen molar-refractivity contribution in [2.24, 2.45) is 0 Å². The van der Waals surface area contributed by atoms with E-state index in [1.54, 1.807) is 0 Å². The van der Waals surface area contributed by atoms with Crippen LogP contribution in [0.1, 0.15) is 0 Å². The Balaban J connectivity index is 2.24. The smallest absolute Gasteiger partial charge is 0.0728 e. The van der Waals surface area contributed by atoms with Crippen LogP contribution in [0, 0.1) is 0 Å². The summed E-state index contributed by atoms with van der Waals surface area (Å²) < 4.78 is 0. The number of aromatic nitrogens is 2. The normalized spacial score (nSPS) is 10.5. The highest BCUT2D eigenvalue weighted by Crippen LogP contribution is 2.27. The van der Waals surface area contributed by atoms with Crippen LogP contribution in [-0.2, 0) is 0 Å². The molecule has 0 saturated heterocycles. The number of nitrogens with one attached hydrogen (secondary N) is 1. The molecule has 0 unspecified atom stereocenters. The molecule has 0 radical (unpaired) electrons. The molecule has 0 bridgehead atoms. The van der Waals surface area contributed by atoms with Crippen molar-refractivity contribution in [1.82, 2.24) is 9.97 Å². The SMILES string of the molecule is CNc1ccnc(-c2cccc3cnccc23)c1. The second-order valence-corrected chi connectivity index (χ2v) is 4.08. The summed E-state index contributed by atoms with van der Waals surface area (Å²) in [6, 6.07) is 12.2. The molecule has 3 heteroatoms. The molecule has 1 N–H and O–H groups in total. The summed E-state index contributed by atoms with van der Waals surface area (Å²) in [7, 11) is 1.91. The van der Waals surface area contributed by atoms with Crippen molar-refractivity contribution in [3.8, 4) is 11.3 Å². The lowest BCUT2D eigenvalue weighted by molar-refractivity contribution is 1.32. The maximum Gasteiger partial charge on any atom is 0.0728 e. The van der Waals surface area contributed by atoms with E-state index in [1.165, 1.54) is 5.39 Å². The Morgan fingerprint density at radius 2 is 2.00 bits per heavy atom. The third-order valence-corrected chi connectivity index (χ3v) is 3.01. The van der Waals surface area contributed by atoms with Crippen LogP contribution >= 0.6 is 0 Å². The third-order valence-electron chi connectivity index (χ3n) is 3.01. The molecule has 3 aromatic rings. The molecular weight excluding hydrogens is 222 g/mol. The van der Waals surface area contributed by atoms with Gasteiger partial charge in [0, 0.05) is 42.3 Å². The molecule has 1 aromatic carbocycles. The third kappa shape index (κ3) is 1.80. The van der Waals surface area contributed by atoms with E-state index in [9.17, 15) is 0 Å². The molecule has 0 aliphatic rings. The number of hydrogen-bond donors (Lipinski definition) is 1. The molecule has 0 spiro atoms. The predicted octanol–water partition coefficient (Wildman–Crippen LogP) is 3.34. The summed E-state index contributed by atoms with van der Waals surface area (Å²) in [4.78, 5) is 8.60. The number of anilines is 1. The van der Waals surface area contributed by atoms with Gasteiger partial charge in [0.05, 0.1) is 5.69 Å². The van der Waals surface area contributed by atoms with E-state index in [0.717, 1.165) is 22.3 Å². The molecule has 0 aliphatic heterocycles. The zero-order valence-electron chi connectivity index (χ0n) is 10.1. The lowest BCUT2D eigenvalue weighted by atomic mass is 10.0. The zero-order valence-corrected chi connectivity index (χ0v) is 10.1. The Bertz CT molecular complexity index is 687. The van der Waals surface area contributed by atoms with Gasteiger partial charge in [-0.3, -0.25) is 9.97 Å². The average Bonchev–Trinajstić information content (AvgIpc) is 2.47. The number of rotatable bonds is 2. The highest BCUT2D eigenvalue weighted by atomic mass is 14.8. The van der Waals surface area contributed by atoms with Crippen LogP contribution in [0.15, 0.2) is 55.0 Å². The lowest BCUT2D eigenvalue weighted by Crippen LogP contribution is -1.91. The predicted molar refractivity (Wildman–Crippen MR) is 74.5 cm³/mol. The molecule has 0 amide bonds. The van der Waals surface area contributed by atoms with E-state index in [2.05, 4.69) is 33.5 Å². The fraction of sp³-hybridized carbons (Fsp3) is 0.0667. The maximum absolute atomic E-state index is 4.45. The van der Waals surface area contributed by atoms with Crippen LogP contribution in [0.25, 0.3) is 22.0 Å². The minimum Gasteiger partial charge on any atom is -0.388 e. The topological polar surface area (TPSA) is 37.8 Å². The van der Waals surface area contributed by atoms with Gasteiger partial charge in [-0.05, 0) is 23.6 Å². The fourth-order valence-electron chi connectivity index (χ4n) is 2.08. The van der Waals surface area contributed by atoms with Gasteiger partial charge >= 0.3 is 0 Å². The number of pyridine rings is 2. The van der Waals surface area contributed by atoms with Crippen LogP contribution in [0.5, 0.6) is 0 Å². The van der Waals surface area contributed by atoms with Crippen molar-refractivity contribution >= 4 is 16.5 Å². The van der Waals surface area contributed by atoms with Gasteiger partial charge in [0.2, 0.25) is 0 Å². The molecule has 18 heavy (non-hydrogen) atoms. The molecule has 0 aliphatic carbocycles. The summed E-state index contributed by atoms with van der Waals surface area (Å²) in [5, 5.41) is 5.44. The molecule has 2 aromatic heterocycles. The van der Waals surface area contributed by atoms with E-state index in [0.29, 0.717) is 0 Å². The van der Waals surface area contributed by atoms with E-state index in [-0.39, 0.29) is 0 Å². The summed E-state index contributed by atoms with van der Waals surface area (Å²) >= 11 is 0. The largest absolute Gasteiger partial charge is 0.388 e. The van der Waals surface area contributed by atoms with E-state index in [1.807, 2.05) is 43.8 Å². The van der Waals surface area contributed by atoms with Gasteiger partial charge < -0.3 is 5.32 Å². The van der Waals surface area contributed by atoms with Crippen LogP contribution in [-0.4, -0.2) is 17.0 Å². The lowest BCUT2D eigenvalue weighted by Gasteiger charge is -2.07. The first-order valence-corrected chi connectivity index (χ1v) is 5.85. The van der Waals surface area contributed by atoms with Gasteiger partial charge in [0.1, 0.15) is 0 Å². The molecule has 3 rings (SSSR count). The van der Waals surface area contributed by atoms with Gasteiger partial charge in [-0.15, -0.1) is 0 Å². The highest BCUT2D eigenvalue weighted by Gasteiger charge is 2.05. The van der Waals surface area contributed by atoms with Crippen molar-refractivity contribution in [2.75, 3.05) is 12.4 Å². The van der Waals surface area contributed by atoms with E-state index < -0.39 is 0 Å². The van der Waals surface area contributed by atoms with Gasteiger partial charge in [0.15, 0.2) is 0 Å². The number of fused-ring (bicyclic) bond motifs is 1. The molecule has 0 atom stereocenters. The van der Waals surface area contributed by atoms with Crippen molar-refractivity contribution < 1.29 is 0 Å². The van der Waals surface area contributed by atoms with Crippen LogP contribution in [0.4, 0.5) is 5.69 Å². The van der Waals surface area contributed by atoms with Crippen LogP contribution < -0.4 is 5.32 Å². The maximum atomic E-state index is 4.45. The molecule has 0 fully saturated rings. The molecule has 0 saturated carbocycles. The standard InChI is InChI=1S/C15H13N3/c1-16-12-5-8-18-15(9-12)14-4-2-3-11-10-17-7-6-13(11)14/h2-10H,1H3,(H,16,18). The van der Waals surface area contributed by atoms with Crippen molar-refractivity contribution in [3.05, 3.63) is 55.0 Å². The number of hydrogen-bond acceptors (Lipinski definition) is 3. The van der Waals surface area contributed by atoms with Gasteiger partial charge in [0.25, 0.3) is 0 Å². The monoisotopic (exact) mass is 235 g/mol. The summed E-state index contributed by atoms with van der Waals surface area (Å²) in [5.74, 6) is 0. The first kappa shape index (κ1) is 10.7. The second kappa shape index (κ2) is 4.45. The molecular formula is C15H13N3. The Labute approximate surface area is 106 Å². The molecule has 2 heterocycles. The van der Waals surface area contributed by atoms with Gasteiger partial charge in [-0.1, -0.05) is 18.2 Å². The molecule has 88 valence electrons. The van der Waals surface area contributed by atoms with Crippen molar-refractivity contribution in [1.29, 1.82) is 0 Å². The van der Waals surface area contributed by atoms with Crippen molar-refractivity contribution in [2.45, 2.75) is 0 Å². The Hall–Kier alpha value is -2.42. The van der Waals surface area contributed by atoms with Gasteiger partial charge in [-0.2, -0.15) is 0 Å². The minimum absolute atomic E-state index is 0.971. The Morgan fingerprint density at radius 1 is 1.06 bits per heavy atom. The second-order valence-electron chi connectivity index (χ2n) is 4.08. The summed E-state index contributed by atoms with van der Waals surface area (Å²) in [6.45, 7) is 0. The summed E-state index contributed by atoms with van der Waals surface area (Å²) in [6.07, 6.45) is 5.51. The Morgan fingerprint density at radius 3 is 2.89 bits per heavy atom. The van der Waals surface area contributed by atoms with E-state index >= 15 is 0 Å². The van der Waals surface area contributed by atoms with Crippen molar-refractivity contribution in [3.63, 3.8) is 0 Å². The first-order chi connectivity index (χ1) is 8.88. The zero-order chi connectivity index (χ0) is 12.4. The number of benzene rings is 1. The quantitative estimate of drug-likeness (QED) is 0.740. The first-order valence-electron chi connectivity index (χ1n) is 5.85. The summed E-state index contributed by atoms with van der Waals surface area (Å²) in [5.41, 5.74) is 3.16. The van der Waals surface area contributed by atoms with Gasteiger partial charge in [-0.25, -0.2) is 0 Å². The van der Waals surface area contributed by atoms with Crippen LogP contribution in [0.3, 0.4) is 0 Å². The fourth-order valence-corrected chi connectivity index (χ4v) is 2.08. The Kier molecular flexibility index (Phi) is 2.65. The average molecular weight is 235 g/mol.